The van der Waals surface area contributed by atoms with Gasteiger partial charge in [0.2, 0.25) is 0 Å². The van der Waals surface area contributed by atoms with Crippen molar-refractivity contribution in [2.75, 3.05) is 0 Å². The Morgan fingerprint density at radius 1 is 1.25 bits per heavy atom. The largest absolute Gasteiger partial charge is 0.328 e. The molecule has 1 saturated carbocycles. The fourth-order valence-corrected chi connectivity index (χ4v) is 5.02. The van der Waals surface area contributed by atoms with Crippen LogP contribution in [0.5, 0.6) is 0 Å². The molecule has 0 spiro atoms. The molecular weight excluding hydrogens is 318 g/mol. The van der Waals surface area contributed by atoms with Crippen LogP contribution in [-0.2, 0) is 32.4 Å². The van der Waals surface area contributed by atoms with Crippen molar-refractivity contribution in [2.24, 2.45) is 5.92 Å². The third kappa shape index (κ3) is 2.37. The Bertz CT molecular complexity index is 837. The molecule has 0 atom stereocenters. The summed E-state index contributed by atoms with van der Waals surface area (Å²) in [4.78, 5) is 24.9. The van der Waals surface area contributed by atoms with Crippen LogP contribution in [0.1, 0.15) is 62.0 Å². The lowest BCUT2D eigenvalue weighted by atomic mass is 10.0. The van der Waals surface area contributed by atoms with Crippen LogP contribution in [0.25, 0.3) is 0 Å². The van der Waals surface area contributed by atoms with E-state index in [1.807, 2.05) is 4.90 Å². The number of amides is 1. The first-order valence-electron chi connectivity index (χ1n) is 8.93. The summed E-state index contributed by atoms with van der Waals surface area (Å²) in [7, 11) is 0. The quantitative estimate of drug-likeness (QED) is 0.860. The lowest BCUT2D eigenvalue weighted by molar-refractivity contribution is 0.0755. The Morgan fingerprint density at radius 2 is 2.12 bits per heavy atom. The van der Waals surface area contributed by atoms with Crippen molar-refractivity contribution in [1.82, 2.24) is 14.9 Å². The zero-order valence-corrected chi connectivity index (χ0v) is 14.8. The van der Waals surface area contributed by atoms with Gasteiger partial charge in [0.1, 0.15) is 4.88 Å². The van der Waals surface area contributed by atoms with Crippen LogP contribution in [0.2, 0.25) is 0 Å². The molecule has 1 amide bonds. The Labute approximate surface area is 145 Å². The van der Waals surface area contributed by atoms with E-state index in [-0.39, 0.29) is 5.91 Å². The molecule has 0 bridgehead atoms. The molecule has 2 aliphatic carbocycles. The van der Waals surface area contributed by atoms with Crippen molar-refractivity contribution >= 4 is 17.2 Å². The first kappa shape index (κ1) is 14.6. The second kappa shape index (κ2) is 5.38. The predicted molar refractivity (Wildman–Crippen MR) is 93.1 cm³/mol. The lowest BCUT2D eigenvalue weighted by Crippen LogP contribution is -2.24. The van der Waals surface area contributed by atoms with Gasteiger partial charge in [-0.25, -0.2) is 4.98 Å². The molecule has 5 rings (SSSR count). The van der Waals surface area contributed by atoms with E-state index in [1.54, 1.807) is 17.5 Å². The highest BCUT2D eigenvalue weighted by Crippen LogP contribution is 2.35. The number of hydrogen-bond acceptors (Lipinski definition) is 4. The fraction of sp³-hybridized carbons (Fsp3) is 0.526. The lowest BCUT2D eigenvalue weighted by Gasteiger charge is -2.13. The molecule has 124 valence electrons. The van der Waals surface area contributed by atoms with E-state index < -0.39 is 0 Å². The number of fused-ring (bicyclic) bond motifs is 2. The fourth-order valence-electron chi connectivity index (χ4n) is 4.02. The van der Waals surface area contributed by atoms with E-state index in [2.05, 4.69) is 11.9 Å². The van der Waals surface area contributed by atoms with E-state index in [9.17, 15) is 4.79 Å². The molecule has 0 N–H and O–H groups in total. The van der Waals surface area contributed by atoms with Gasteiger partial charge in [0.25, 0.3) is 5.91 Å². The maximum absolute atomic E-state index is 12.9. The maximum atomic E-state index is 12.9. The second-order valence-electron chi connectivity index (χ2n) is 7.37. The summed E-state index contributed by atoms with van der Waals surface area (Å²) < 4.78 is 0. The Kier molecular flexibility index (Phi) is 3.27. The van der Waals surface area contributed by atoms with Gasteiger partial charge in [0.05, 0.1) is 23.4 Å². The number of aryl methyl sites for hydroxylation is 1. The van der Waals surface area contributed by atoms with E-state index in [0.29, 0.717) is 13.1 Å². The smallest absolute Gasteiger partial charge is 0.266 e. The Balaban J connectivity index is 1.37. The zero-order valence-electron chi connectivity index (χ0n) is 14.0. The van der Waals surface area contributed by atoms with Gasteiger partial charge in [-0.05, 0) is 61.6 Å². The molecule has 0 unspecified atom stereocenters. The van der Waals surface area contributed by atoms with Crippen LogP contribution in [0.3, 0.4) is 0 Å². The summed E-state index contributed by atoms with van der Waals surface area (Å²) in [6.45, 7) is 3.56. The Morgan fingerprint density at radius 3 is 2.96 bits per heavy atom. The maximum Gasteiger partial charge on any atom is 0.266 e. The van der Waals surface area contributed by atoms with Crippen LogP contribution in [0.4, 0.5) is 0 Å². The third-order valence-corrected chi connectivity index (χ3v) is 6.62. The van der Waals surface area contributed by atoms with E-state index in [1.165, 1.54) is 41.6 Å². The number of nitrogens with zero attached hydrogens (tertiary/aromatic N) is 3. The summed E-state index contributed by atoms with van der Waals surface area (Å²) >= 11 is 1.58. The predicted octanol–water partition coefficient (Wildman–Crippen LogP) is 3.44. The van der Waals surface area contributed by atoms with Crippen LogP contribution < -0.4 is 0 Å². The number of aromatic nitrogens is 2. The van der Waals surface area contributed by atoms with Crippen LogP contribution in [-0.4, -0.2) is 20.8 Å². The first-order chi connectivity index (χ1) is 11.7. The molecule has 0 saturated heterocycles. The van der Waals surface area contributed by atoms with Crippen molar-refractivity contribution < 1.29 is 4.79 Å². The van der Waals surface area contributed by atoms with Crippen LogP contribution in [0, 0.1) is 12.8 Å². The minimum Gasteiger partial charge on any atom is -0.328 e. The number of pyridine rings is 1. The highest BCUT2D eigenvalue weighted by Gasteiger charge is 2.31. The minimum absolute atomic E-state index is 0.118. The summed E-state index contributed by atoms with van der Waals surface area (Å²) in [6.07, 6.45) is 8.92. The van der Waals surface area contributed by atoms with E-state index >= 15 is 0 Å². The number of thiazole rings is 1. The van der Waals surface area contributed by atoms with Gasteiger partial charge in [0.15, 0.2) is 0 Å². The topological polar surface area (TPSA) is 46.1 Å². The summed E-state index contributed by atoms with van der Waals surface area (Å²) in [5.74, 6) is 0.927. The molecule has 3 aliphatic rings. The van der Waals surface area contributed by atoms with E-state index in [0.717, 1.165) is 40.8 Å². The second-order valence-corrected chi connectivity index (χ2v) is 8.48. The Hall–Kier alpha value is -1.75. The number of rotatable bonds is 3. The van der Waals surface area contributed by atoms with Crippen molar-refractivity contribution in [3.63, 3.8) is 0 Å². The van der Waals surface area contributed by atoms with Crippen molar-refractivity contribution in [2.45, 2.75) is 58.5 Å². The van der Waals surface area contributed by atoms with Crippen LogP contribution in [0.15, 0.2) is 6.20 Å². The molecular formula is C19H21N3OS. The molecule has 3 heterocycles. The summed E-state index contributed by atoms with van der Waals surface area (Å²) in [5, 5.41) is 1.12. The van der Waals surface area contributed by atoms with Gasteiger partial charge < -0.3 is 4.90 Å². The molecule has 0 radical (unpaired) electrons. The van der Waals surface area contributed by atoms with Gasteiger partial charge in [-0.3, -0.25) is 9.78 Å². The van der Waals surface area contributed by atoms with Crippen molar-refractivity contribution in [3.8, 4) is 0 Å². The first-order valence-corrected chi connectivity index (χ1v) is 9.75. The molecule has 5 heteroatoms. The third-order valence-electron chi connectivity index (χ3n) is 5.61. The average Bonchev–Trinajstić information content (AvgIpc) is 2.99. The zero-order chi connectivity index (χ0) is 16.3. The monoisotopic (exact) mass is 339 g/mol. The minimum atomic E-state index is 0.118. The van der Waals surface area contributed by atoms with Gasteiger partial charge in [0, 0.05) is 18.7 Å². The molecule has 0 aromatic carbocycles. The van der Waals surface area contributed by atoms with Gasteiger partial charge >= 0.3 is 0 Å². The van der Waals surface area contributed by atoms with Crippen molar-refractivity contribution in [1.29, 1.82) is 0 Å². The van der Waals surface area contributed by atoms with Gasteiger partial charge in [-0.1, -0.05) is 0 Å². The van der Waals surface area contributed by atoms with Crippen molar-refractivity contribution in [3.05, 3.63) is 44.2 Å². The van der Waals surface area contributed by atoms with Gasteiger partial charge in [-0.15, -0.1) is 11.3 Å². The molecule has 1 aliphatic heterocycles. The number of carbonyl (C=O) groups is 1. The SMILES string of the molecule is Cc1c2c(nc3c1CN(C(=O)c1cnc(CC4CC4)s1)C3)CCC2. The highest BCUT2D eigenvalue weighted by molar-refractivity contribution is 7.13. The molecule has 2 aromatic heterocycles. The number of hydrogen-bond donors (Lipinski definition) is 0. The highest BCUT2D eigenvalue weighted by atomic mass is 32.1. The molecule has 24 heavy (non-hydrogen) atoms. The molecule has 4 nitrogen and oxygen atoms in total. The normalized spacial score (nSPS) is 18.8. The average molecular weight is 339 g/mol. The van der Waals surface area contributed by atoms with Gasteiger partial charge in [-0.2, -0.15) is 0 Å². The van der Waals surface area contributed by atoms with E-state index in [4.69, 9.17) is 4.98 Å². The molecule has 2 aromatic rings. The summed E-state index contributed by atoms with van der Waals surface area (Å²) in [6, 6.07) is 0. The summed E-state index contributed by atoms with van der Waals surface area (Å²) in [5.41, 5.74) is 6.48. The molecule has 1 fully saturated rings. The standard InChI is InChI=1S/C19H21N3OS/c1-11-13-3-2-4-15(13)21-16-10-22(9-14(11)16)19(23)17-8-20-18(24-17)7-12-5-6-12/h8,12H,2-7,9-10H2,1H3. The number of carbonyl (C=O) groups excluding carboxylic acids is 1. The van der Waals surface area contributed by atoms with Crippen LogP contribution >= 0.6 is 11.3 Å².